The lowest BCUT2D eigenvalue weighted by Crippen LogP contribution is -2.53. The maximum atomic E-state index is 12.7. The van der Waals surface area contributed by atoms with E-state index in [4.69, 9.17) is 0 Å². The summed E-state index contributed by atoms with van der Waals surface area (Å²) in [6, 6.07) is 5.47. The predicted octanol–water partition coefficient (Wildman–Crippen LogP) is 2.47. The van der Waals surface area contributed by atoms with Crippen LogP contribution in [0.5, 0.6) is 0 Å². The zero-order valence-electron chi connectivity index (χ0n) is 12.1. The minimum Gasteiger partial charge on any atom is -0.298 e. The highest BCUT2D eigenvalue weighted by molar-refractivity contribution is 9.10. The van der Waals surface area contributed by atoms with E-state index in [1.54, 1.807) is 22.5 Å². The van der Waals surface area contributed by atoms with E-state index < -0.39 is 10.0 Å². The van der Waals surface area contributed by atoms with E-state index in [0.29, 0.717) is 18.0 Å². The van der Waals surface area contributed by atoms with Crippen molar-refractivity contribution in [3.8, 4) is 0 Å². The lowest BCUT2D eigenvalue weighted by atomic mass is 10.2. The van der Waals surface area contributed by atoms with Crippen molar-refractivity contribution in [2.24, 2.45) is 0 Å². The summed E-state index contributed by atoms with van der Waals surface area (Å²) in [6.07, 6.45) is 0. The molecule has 1 saturated heterocycles. The first kappa shape index (κ1) is 15.9. The molecule has 0 N–H and O–H groups in total. The van der Waals surface area contributed by atoms with Crippen LogP contribution >= 0.6 is 15.9 Å². The molecule has 0 aromatic heterocycles. The SMILES string of the molecule is CCN1CCN(S(=O)(=O)c2ccc(Br)c(C)c2)CC1C. The van der Waals surface area contributed by atoms with Crippen LogP contribution in [0.1, 0.15) is 19.4 Å². The Labute approximate surface area is 129 Å². The van der Waals surface area contributed by atoms with Crippen LogP contribution in [-0.2, 0) is 10.0 Å². The third-order valence-corrected chi connectivity index (χ3v) is 6.65. The van der Waals surface area contributed by atoms with Crippen LogP contribution in [0.25, 0.3) is 0 Å². The summed E-state index contributed by atoms with van der Waals surface area (Å²) in [4.78, 5) is 2.69. The van der Waals surface area contributed by atoms with Gasteiger partial charge in [-0.05, 0) is 44.2 Å². The van der Waals surface area contributed by atoms with E-state index >= 15 is 0 Å². The summed E-state index contributed by atoms with van der Waals surface area (Å²) in [6.45, 7) is 8.98. The van der Waals surface area contributed by atoms with Gasteiger partial charge in [0.05, 0.1) is 4.90 Å². The maximum Gasteiger partial charge on any atom is 0.243 e. The average Bonchev–Trinajstić information content (AvgIpc) is 2.41. The van der Waals surface area contributed by atoms with Gasteiger partial charge >= 0.3 is 0 Å². The number of nitrogens with zero attached hydrogens (tertiary/aromatic N) is 2. The Bertz CT molecular complexity index is 589. The van der Waals surface area contributed by atoms with Gasteiger partial charge in [-0.15, -0.1) is 0 Å². The summed E-state index contributed by atoms with van der Waals surface area (Å²) >= 11 is 3.40. The van der Waals surface area contributed by atoms with Crippen LogP contribution in [0.2, 0.25) is 0 Å². The molecule has 0 radical (unpaired) electrons. The molecule has 112 valence electrons. The molecule has 2 rings (SSSR count). The first-order chi connectivity index (χ1) is 9.36. The topological polar surface area (TPSA) is 40.6 Å². The Morgan fingerprint density at radius 1 is 1.35 bits per heavy atom. The molecule has 0 amide bonds. The number of sulfonamides is 1. The minimum absolute atomic E-state index is 0.264. The van der Waals surface area contributed by atoms with Gasteiger partial charge in [-0.3, -0.25) is 4.90 Å². The van der Waals surface area contributed by atoms with Gasteiger partial charge < -0.3 is 0 Å². The Morgan fingerprint density at radius 2 is 2.05 bits per heavy atom. The predicted molar refractivity (Wildman–Crippen MR) is 84.3 cm³/mol. The Hall–Kier alpha value is -0.430. The molecule has 1 heterocycles. The number of likely N-dealkylation sites (N-methyl/N-ethyl adjacent to an activating group) is 1. The number of rotatable bonds is 3. The van der Waals surface area contributed by atoms with Crippen molar-refractivity contribution in [2.75, 3.05) is 26.2 Å². The van der Waals surface area contributed by atoms with Crippen molar-refractivity contribution < 1.29 is 8.42 Å². The molecule has 20 heavy (non-hydrogen) atoms. The zero-order valence-corrected chi connectivity index (χ0v) is 14.5. The lowest BCUT2D eigenvalue weighted by Gasteiger charge is -2.38. The molecule has 1 aromatic carbocycles. The number of halogens is 1. The largest absolute Gasteiger partial charge is 0.298 e. The number of benzene rings is 1. The molecule has 0 bridgehead atoms. The quantitative estimate of drug-likeness (QED) is 0.831. The molecule has 1 atom stereocenters. The molecule has 1 aliphatic heterocycles. The fourth-order valence-corrected chi connectivity index (χ4v) is 4.42. The molecule has 0 saturated carbocycles. The fourth-order valence-electron chi connectivity index (χ4n) is 2.58. The first-order valence-electron chi connectivity index (χ1n) is 6.86. The molecule has 1 aliphatic rings. The minimum atomic E-state index is -3.38. The van der Waals surface area contributed by atoms with Crippen LogP contribution in [0.4, 0.5) is 0 Å². The molecule has 0 spiro atoms. The van der Waals surface area contributed by atoms with Gasteiger partial charge in [0.1, 0.15) is 0 Å². The smallest absolute Gasteiger partial charge is 0.243 e. The van der Waals surface area contributed by atoms with Gasteiger partial charge in [0.25, 0.3) is 0 Å². The number of piperazine rings is 1. The average molecular weight is 361 g/mol. The fraction of sp³-hybridized carbons (Fsp3) is 0.571. The van der Waals surface area contributed by atoms with Gasteiger partial charge in [-0.25, -0.2) is 8.42 Å². The number of aryl methyl sites for hydroxylation is 1. The van der Waals surface area contributed by atoms with Crippen molar-refractivity contribution >= 4 is 26.0 Å². The summed E-state index contributed by atoms with van der Waals surface area (Å²) in [7, 11) is -3.38. The highest BCUT2D eigenvalue weighted by Crippen LogP contribution is 2.24. The molecule has 1 fully saturated rings. The molecule has 6 heteroatoms. The number of hydrogen-bond donors (Lipinski definition) is 0. The van der Waals surface area contributed by atoms with Crippen molar-refractivity contribution in [1.82, 2.24) is 9.21 Å². The van der Waals surface area contributed by atoms with Crippen molar-refractivity contribution in [1.29, 1.82) is 0 Å². The monoisotopic (exact) mass is 360 g/mol. The van der Waals surface area contributed by atoms with Gasteiger partial charge in [-0.1, -0.05) is 22.9 Å². The van der Waals surface area contributed by atoms with E-state index in [2.05, 4.69) is 34.7 Å². The van der Waals surface area contributed by atoms with Crippen LogP contribution < -0.4 is 0 Å². The molecule has 0 aliphatic carbocycles. The third kappa shape index (κ3) is 3.08. The summed E-state index contributed by atoms with van der Waals surface area (Å²) in [5.74, 6) is 0. The Balaban J connectivity index is 2.25. The lowest BCUT2D eigenvalue weighted by molar-refractivity contribution is 0.135. The number of hydrogen-bond acceptors (Lipinski definition) is 3. The summed E-state index contributed by atoms with van der Waals surface area (Å²) in [5, 5.41) is 0. The van der Waals surface area contributed by atoms with Crippen molar-refractivity contribution in [2.45, 2.75) is 31.7 Å². The van der Waals surface area contributed by atoms with Gasteiger partial charge in [0, 0.05) is 30.1 Å². The highest BCUT2D eigenvalue weighted by Gasteiger charge is 2.31. The van der Waals surface area contributed by atoms with E-state index in [1.165, 1.54) is 0 Å². The van der Waals surface area contributed by atoms with Crippen LogP contribution in [0.15, 0.2) is 27.6 Å². The molecule has 1 unspecified atom stereocenters. The van der Waals surface area contributed by atoms with Crippen LogP contribution in [-0.4, -0.2) is 49.8 Å². The van der Waals surface area contributed by atoms with Crippen molar-refractivity contribution in [3.63, 3.8) is 0 Å². The maximum absolute atomic E-state index is 12.7. The summed E-state index contributed by atoms with van der Waals surface area (Å²) < 4.78 is 27.9. The van der Waals surface area contributed by atoms with Crippen LogP contribution in [0.3, 0.4) is 0 Å². The Morgan fingerprint density at radius 3 is 2.60 bits per heavy atom. The molecular weight excluding hydrogens is 340 g/mol. The Kier molecular flexibility index (Phi) is 4.89. The van der Waals surface area contributed by atoms with Gasteiger partial charge in [0.15, 0.2) is 0 Å². The summed E-state index contributed by atoms with van der Waals surface area (Å²) in [5.41, 5.74) is 0.936. The molecular formula is C14H21BrN2O2S. The first-order valence-corrected chi connectivity index (χ1v) is 9.10. The van der Waals surface area contributed by atoms with E-state index in [-0.39, 0.29) is 6.04 Å². The van der Waals surface area contributed by atoms with E-state index in [9.17, 15) is 8.42 Å². The highest BCUT2D eigenvalue weighted by atomic mass is 79.9. The van der Waals surface area contributed by atoms with E-state index in [0.717, 1.165) is 23.1 Å². The zero-order chi connectivity index (χ0) is 14.9. The molecule has 4 nitrogen and oxygen atoms in total. The second-order valence-electron chi connectivity index (χ2n) is 5.25. The second kappa shape index (κ2) is 6.13. The standard InChI is InChI=1S/C14H21BrN2O2S/c1-4-16-7-8-17(10-12(16)3)20(18,19)13-5-6-14(15)11(2)9-13/h5-6,9,12H,4,7-8,10H2,1-3H3. The normalized spacial score (nSPS) is 22.1. The van der Waals surface area contributed by atoms with Crippen molar-refractivity contribution in [3.05, 3.63) is 28.2 Å². The second-order valence-corrected chi connectivity index (χ2v) is 8.04. The van der Waals surface area contributed by atoms with Gasteiger partial charge in [-0.2, -0.15) is 4.31 Å². The molecule has 1 aromatic rings. The van der Waals surface area contributed by atoms with Gasteiger partial charge in [0.2, 0.25) is 10.0 Å². The van der Waals surface area contributed by atoms with E-state index in [1.807, 2.05) is 6.92 Å². The third-order valence-electron chi connectivity index (χ3n) is 3.90. The van der Waals surface area contributed by atoms with Crippen LogP contribution in [0, 0.1) is 6.92 Å².